The van der Waals surface area contributed by atoms with Crippen LogP contribution >= 0.6 is 11.6 Å². The summed E-state index contributed by atoms with van der Waals surface area (Å²) in [4.78, 5) is 3.99. The minimum Gasteiger partial charge on any atom is -0.336 e. The first-order valence-electron chi connectivity index (χ1n) is 6.15. The van der Waals surface area contributed by atoms with Gasteiger partial charge in [0.1, 0.15) is 0 Å². The molecule has 1 aromatic heterocycles. The molecule has 102 valence electrons. The first-order chi connectivity index (χ1) is 8.57. The molecular formula is C11H18ClN3O2S. The Morgan fingerprint density at radius 3 is 2.94 bits per heavy atom. The van der Waals surface area contributed by atoms with E-state index in [1.807, 2.05) is 6.92 Å². The van der Waals surface area contributed by atoms with E-state index in [0.29, 0.717) is 25.5 Å². The molecule has 2 heterocycles. The summed E-state index contributed by atoms with van der Waals surface area (Å²) in [5, 5.41) is 0.138. The van der Waals surface area contributed by atoms with Gasteiger partial charge in [-0.3, -0.25) is 0 Å². The van der Waals surface area contributed by atoms with Crippen LogP contribution in [0, 0.1) is 5.92 Å². The highest BCUT2D eigenvalue weighted by Gasteiger charge is 2.31. The number of rotatable bonds is 4. The van der Waals surface area contributed by atoms with E-state index >= 15 is 0 Å². The SMILES string of the molecule is CCn1cnc(S(=O)(=O)N2CCCC(CCl)C2)c1. The Hall–Kier alpha value is -0.590. The molecule has 0 spiro atoms. The lowest BCUT2D eigenvalue weighted by Crippen LogP contribution is -2.40. The number of alkyl halides is 1. The molecular weight excluding hydrogens is 274 g/mol. The molecule has 18 heavy (non-hydrogen) atoms. The van der Waals surface area contributed by atoms with Crippen molar-refractivity contribution in [2.45, 2.75) is 31.3 Å². The quantitative estimate of drug-likeness (QED) is 0.791. The summed E-state index contributed by atoms with van der Waals surface area (Å²) in [5.41, 5.74) is 0. The number of sulfonamides is 1. The molecule has 1 aromatic rings. The molecule has 1 unspecified atom stereocenters. The lowest BCUT2D eigenvalue weighted by atomic mass is 10.0. The fourth-order valence-corrected chi connectivity index (χ4v) is 3.89. The molecule has 0 amide bonds. The molecule has 7 heteroatoms. The Bertz CT molecular complexity index is 500. The topological polar surface area (TPSA) is 55.2 Å². The number of halogens is 1. The Morgan fingerprint density at radius 1 is 1.56 bits per heavy atom. The van der Waals surface area contributed by atoms with Gasteiger partial charge in [0.05, 0.1) is 6.33 Å². The summed E-state index contributed by atoms with van der Waals surface area (Å²) < 4.78 is 28.0. The zero-order valence-electron chi connectivity index (χ0n) is 10.4. The molecule has 0 bridgehead atoms. The zero-order chi connectivity index (χ0) is 13.2. The van der Waals surface area contributed by atoms with E-state index in [1.54, 1.807) is 17.1 Å². The van der Waals surface area contributed by atoms with Crippen LogP contribution in [-0.2, 0) is 16.6 Å². The van der Waals surface area contributed by atoms with E-state index in [-0.39, 0.29) is 10.9 Å². The second-order valence-electron chi connectivity index (χ2n) is 4.57. The van der Waals surface area contributed by atoms with Gasteiger partial charge in [-0.25, -0.2) is 13.4 Å². The van der Waals surface area contributed by atoms with E-state index in [0.717, 1.165) is 12.8 Å². The first-order valence-corrected chi connectivity index (χ1v) is 8.13. The van der Waals surface area contributed by atoms with Crippen molar-refractivity contribution in [2.24, 2.45) is 5.92 Å². The third kappa shape index (κ3) is 2.70. The standard InChI is InChI=1S/C11H18ClN3O2S/c1-2-14-8-11(13-9-14)18(16,17)15-5-3-4-10(6-12)7-15/h8-10H,2-7H2,1H3. The van der Waals surface area contributed by atoms with Crippen LogP contribution in [0.4, 0.5) is 0 Å². The summed E-state index contributed by atoms with van der Waals surface area (Å²) in [5.74, 6) is 0.763. The highest BCUT2D eigenvalue weighted by molar-refractivity contribution is 7.89. The molecule has 2 rings (SSSR count). The summed E-state index contributed by atoms with van der Waals surface area (Å²) in [6.07, 6.45) is 5.00. The van der Waals surface area contributed by atoms with Crippen LogP contribution in [0.2, 0.25) is 0 Å². The van der Waals surface area contributed by atoms with Crippen molar-refractivity contribution < 1.29 is 8.42 Å². The lowest BCUT2D eigenvalue weighted by Gasteiger charge is -2.30. The summed E-state index contributed by atoms with van der Waals surface area (Å²) >= 11 is 5.83. The average Bonchev–Trinajstić information content (AvgIpc) is 2.88. The van der Waals surface area contributed by atoms with Gasteiger partial charge >= 0.3 is 0 Å². The van der Waals surface area contributed by atoms with Gasteiger partial charge in [-0.2, -0.15) is 4.31 Å². The normalized spacial score (nSPS) is 22.2. The maximum atomic E-state index is 12.4. The van der Waals surface area contributed by atoms with Crippen LogP contribution in [0.25, 0.3) is 0 Å². The Kier molecular flexibility index (Phi) is 4.29. The van der Waals surface area contributed by atoms with Gasteiger partial charge in [0.15, 0.2) is 5.03 Å². The van der Waals surface area contributed by atoms with Gasteiger partial charge in [-0.15, -0.1) is 11.6 Å². The largest absolute Gasteiger partial charge is 0.336 e. The number of aryl methyl sites for hydroxylation is 1. The lowest BCUT2D eigenvalue weighted by molar-refractivity contribution is 0.283. The molecule has 1 atom stereocenters. The van der Waals surface area contributed by atoms with Crippen molar-refractivity contribution in [1.82, 2.24) is 13.9 Å². The van der Waals surface area contributed by atoms with Crippen LogP contribution < -0.4 is 0 Å². The van der Waals surface area contributed by atoms with Gasteiger partial charge in [0.2, 0.25) is 0 Å². The van der Waals surface area contributed by atoms with Crippen LogP contribution in [-0.4, -0.2) is 41.2 Å². The van der Waals surface area contributed by atoms with Gasteiger partial charge < -0.3 is 4.57 Å². The van der Waals surface area contributed by atoms with Crippen LogP contribution in [0.3, 0.4) is 0 Å². The Labute approximate surface area is 113 Å². The van der Waals surface area contributed by atoms with E-state index in [4.69, 9.17) is 11.6 Å². The minimum absolute atomic E-state index is 0.138. The number of imidazole rings is 1. The van der Waals surface area contributed by atoms with E-state index < -0.39 is 10.0 Å². The molecule has 0 saturated carbocycles. The fraction of sp³-hybridized carbons (Fsp3) is 0.727. The van der Waals surface area contributed by atoms with E-state index in [1.165, 1.54) is 4.31 Å². The third-order valence-corrected chi connectivity index (χ3v) is 5.47. The van der Waals surface area contributed by atoms with Crippen molar-refractivity contribution in [1.29, 1.82) is 0 Å². The number of nitrogens with zero attached hydrogens (tertiary/aromatic N) is 3. The summed E-state index contributed by atoms with van der Waals surface area (Å²) in [7, 11) is -3.45. The Morgan fingerprint density at radius 2 is 2.33 bits per heavy atom. The predicted octanol–water partition coefficient (Wildman–Crippen LogP) is 1.54. The second-order valence-corrected chi connectivity index (χ2v) is 6.76. The molecule has 0 aliphatic carbocycles. The third-order valence-electron chi connectivity index (χ3n) is 3.28. The van der Waals surface area contributed by atoms with Crippen molar-refractivity contribution in [2.75, 3.05) is 19.0 Å². The Balaban J connectivity index is 2.19. The van der Waals surface area contributed by atoms with Gasteiger partial charge in [0, 0.05) is 31.7 Å². The molecule has 1 aliphatic heterocycles. The molecule has 0 N–H and O–H groups in total. The summed E-state index contributed by atoms with van der Waals surface area (Å²) in [6.45, 7) is 3.73. The van der Waals surface area contributed by atoms with Crippen LogP contribution in [0.15, 0.2) is 17.6 Å². The van der Waals surface area contributed by atoms with Crippen molar-refractivity contribution in [3.63, 3.8) is 0 Å². The fourth-order valence-electron chi connectivity index (χ4n) is 2.15. The number of hydrogen-bond acceptors (Lipinski definition) is 3. The molecule has 0 aromatic carbocycles. The first kappa shape index (κ1) is 13.8. The van der Waals surface area contributed by atoms with Crippen molar-refractivity contribution >= 4 is 21.6 Å². The molecule has 1 aliphatic rings. The summed E-state index contributed by atoms with van der Waals surface area (Å²) in [6, 6.07) is 0. The highest BCUT2D eigenvalue weighted by Crippen LogP contribution is 2.23. The van der Waals surface area contributed by atoms with Crippen LogP contribution in [0.1, 0.15) is 19.8 Å². The maximum absolute atomic E-state index is 12.4. The molecule has 1 fully saturated rings. The van der Waals surface area contributed by atoms with Gasteiger partial charge in [-0.1, -0.05) is 0 Å². The van der Waals surface area contributed by atoms with Crippen molar-refractivity contribution in [3.8, 4) is 0 Å². The zero-order valence-corrected chi connectivity index (χ0v) is 12.0. The predicted molar refractivity (Wildman–Crippen MR) is 70.1 cm³/mol. The van der Waals surface area contributed by atoms with Crippen molar-refractivity contribution in [3.05, 3.63) is 12.5 Å². The molecule has 1 saturated heterocycles. The number of hydrogen-bond donors (Lipinski definition) is 0. The van der Waals surface area contributed by atoms with E-state index in [9.17, 15) is 8.42 Å². The monoisotopic (exact) mass is 291 g/mol. The van der Waals surface area contributed by atoms with E-state index in [2.05, 4.69) is 4.98 Å². The molecule has 5 nitrogen and oxygen atoms in total. The minimum atomic E-state index is -3.45. The average molecular weight is 292 g/mol. The molecule has 0 radical (unpaired) electrons. The maximum Gasteiger partial charge on any atom is 0.262 e. The van der Waals surface area contributed by atoms with Gasteiger partial charge in [-0.05, 0) is 25.7 Å². The highest BCUT2D eigenvalue weighted by atomic mass is 35.5. The smallest absolute Gasteiger partial charge is 0.262 e. The number of piperidine rings is 1. The van der Waals surface area contributed by atoms with Crippen LogP contribution in [0.5, 0.6) is 0 Å². The van der Waals surface area contributed by atoms with Gasteiger partial charge in [0.25, 0.3) is 10.0 Å². The number of aromatic nitrogens is 2. The second kappa shape index (κ2) is 5.59.